The van der Waals surface area contributed by atoms with Crippen LogP contribution in [0.15, 0.2) is 36.7 Å². The number of fused-ring (bicyclic) bond motifs is 1. The van der Waals surface area contributed by atoms with Gasteiger partial charge in [0.1, 0.15) is 23.6 Å². The number of aromatic nitrogens is 2. The van der Waals surface area contributed by atoms with Crippen LogP contribution in [0, 0.1) is 18.6 Å². The first-order valence-corrected chi connectivity index (χ1v) is 6.28. The number of hydrogen-bond donors (Lipinski definition) is 2. The highest BCUT2D eigenvalue weighted by Crippen LogP contribution is 2.28. The van der Waals surface area contributed by atoms with Crippen LogP contribution in [0.5, 0.6) is 0 Å². The number of benzene rings is 2. The Morgan fingerprint density at radius 2 is 1.90 bits per heavy atom. The van der Waals surface area contributed by atoms with Gasteiger partial charge in [-0.15, -0.1) is 0 Å². The molecule has 3 rings (SSSR count). The molecule has 0 saturated heterocycles. The summed E-state index contributed by atoms with van der Waals surface area (Å²) in [6.45, 7) is 1.57. The average molecular weight is 286 g/mol. The standard InChI is InChI=1S/C15H12F2N4/c1-8-2-5-11(16)14(13(8)17)21-15-10-4-3-9(18)6-12(10)19-7-20-15/h2-7H,18H2,1H3,(H,19,20,21). The predicted molar refractivity (Wildman–Crippen MR) is 78.3 cm³/mol. The van der Waals surface area contributed by atoms with Gasteiger partial charge in [-0.1, -0.05) is 6.07 Å². The molecule has 0 radical (unpaired) electrons. The molecular weight excluding hydrogens is 274 g/mol. The molecule has 3 N–H and O–H groups in total. The summed E-state index contributed by atoms with van der Waals surface area (Å²) in [5.74, 6) is -0.999. The van der Waals surface area contributed by atoms with E-state index < -0.39 is 11.6 Å². The summed E-state index contributed by atoms with van der Waals surface area (Å²) in [4.78, 5) is 8.14. The molecule has 21 heavy (non-hydrogen) atoms. The van der Waals surface area contributed by atoms with Gasteiger partial charge in [-0.25, -0.2) is 18.7 Å². The third kappa shape index (κ3) is 2.35. The highest BCUT2D eigenvalue weighted by atomic mass is 19.1. The number of rotatable bonds is 2. The van der Waals surface area contributed by atoms with Crippen molar-refractivity contribution in [3.8, 4) is 0 Å². The Labute approximate surface area is 119 Å². The van der Waals surface area contributed by atoms with Crippen molar-refractivity contribution in [2.75, 3.05) is 11.1 Å². The van der Waals surface area contributed by atoms with Gasteiger partial charge in [-0.05, 0) is 36.8 Å². The lowest BCUT2D eigenvalue weighted by Gasteiger charge is -2.11. The van der Waals surface area contributed by atoms with Crippen molar-refractivity contribution in [3.63, 3.8) is 0 Å². The molecule has 1 heterocycles. The van der Waals surface area contributed by atoms with Crippen molar-refractivity contribution < 1.29 is 8.78 Å². The molecule has 0 bridgehead atoms. The first kappa shape index (κ1) is 13.2. The summed E-state index contributed by atoms with van der Waals surface area (Å²) in [5.41, 5.74) is 6.97. The second-order valence-electron chi connectivity index (χ2n) is 4.68. The Bertz CT molecular complexity index is 833. The van der Waals surface area contributed by atoms with E-state index in [9.17, 15) is 8.78 Å². The molecule has 1 aromatic heterocycles. The molecule has 0 aliphatic heterocycles. The van der Waals surface area contributed by atoms with Gasteiger partial charge in [-0.2, -0.15) is 0 Å². The molecule has 0 fully saturated rings. The van der Waals surface area contributed by atoms with E-state index in [1.54, 1.807) is 25.1 Å². The van der Waals surface area contributed by atoms with Crippen molar-refractivity contribution in [1.82, 2.24) is 9.97 Å². The van der Waals surface area contributed by atoms with Crippen LogP contribution in [0.25, 0.3) is 10.9 Å². The summed E-state index contributed by atoms with van der Waals surface area (Å²) >= 11 is 0. The minimum absolute atomic E-state index is 0.230. The zero-order valence-corrected chi connectivity index (χ0v) is 11.2. The average Bonchev–Trinajstić information content (AvgIpc) is 2.47. The Kier molecular flexibility index (Phi) is 3.13. The summed E-state index contributed by atoms with van der Waals surface area (Å²) < 4.78 is 27.9. The Balaban J connectivity index is 2.13. The third-order valence-corrected chi connectivity index (χ3v) is 3.19. The maximum Gasteiger partial charge on any atom is 0.152 e. The van der Waals surface area contributed by atoms with Gasteiger partial charge in [-0.3, -0.25) is 0 Å². The fourth-order valence-corrected chi connectivity index (χ4v) is 2.06. The van der Waals surface area contributed by atoms with Crippen molar-refractivity contribution in [2.24, 2.45) is 0 Å². The highest BCUT2D eigenvalue weighted by molar-refractivity contribution is 5.92. The SMILES string of the molecule is Cc1ccc(F)c(Nc2ncnc3cc(N)ccc23)c1F. The number of nitrogens with one attached hydrogen (secondary N) is 1. The molecule has 0 saturated carbocycles. The molecule has 0 unspecified atom stereocenters. The van der Waals surface area contributed by atoms with Gasteiger partial charge >= 0.3 is 0 Å². The first-order chi connectivity index (χ1) is 10.1. The summed E-state index contributed by atoms with van der Waals surface area (Å²) in [7, 11) is 0. The Hall–Kier alpha value is -2.76. The topological polar surface area (TPSA) is 63.8 Å². The lowest BCUT2D eigenvalue weighted by atomic mass is 10.1. The zero-order valence-electron chi connectivity index (χ0n) is 11.2. The van der Waals surface area contributed by atoms with Crippen LogP contribution in [-0.2, 0) is 0 Å². The lowest BCUT2D eigenvalue weighted by molar-refractivity contribution is 0.585. The fraction of sp³-hybridized carbons (Fsp3) is 0.0667. The minimum atomic E-state index is -0.680. The minimum Gasteiger partial charge on any atom is -0.399 e. The van der Waals surface area contributed by atoms with Crippen molar-refractivity contribution >= 4 is 28.1 Å². The van der Waals surface area contributed by atoms with Crippen LogP contribution >= 0.6 is 0 Å². The zero-order chi connectivity index (χ0) is 15.0. The molecule has 0 amide bonds. The maximum absolute atomic E-state index is 14.0. The van der Waals surface area contributed by atoms with Crippen LogP contribution < -0.4 is 11.1 Å². The number of nitrogen functional groups attached to an aromatic ring is 1. The highest BCUT2D eigenvalue weighted by Gasteiger charge is 2.13. The Morgan fingerprint density at radius 1 is 1.10 bits per heavy atom. The molecular formula is C15H12F2N4. The molecule has 3 aromatic rings. The second-order valence-corrected chi connectivity index (χ2v) is 4.68. The smallest absolute Gasteiger partial charge is 0.152 e. The van der Waals surface area contributed by atoms with Crippen LogP contribution in [-0.4, -0.2) is 9.97 Å². The maximum atomic E-state index is 14.0. The van der Waals surface area contributed by atoms with Crippen molar-refractivity contribution in [2.45, 2.75) is 6.92 Å². The molecule has 6 heteroatoms. The van der Waals surface area contributed by atoms with Crippen LogP contribution in [0.1, 0.15) is 5.56 Å². The van der Waals surface area contributed by atoms with Gasteiger partial charge in [0.05, 0.1) is 5.52 Å². The van der Waals surface area contributed by atoms with E-state index in [0.29, 0.717) is 28.0 Å². The monoisotopic (exact) mass is 286 g/mol. The molecule has 0 spiro atoms. The summed E-state index contributed by atoms with van der Waals surface area (Å²) in [6, 6.07) is 7.65. The van der Waals surface area contributed by atoms with E-state index >= 15 is 0 Å². The van der Waals surface area contributed by atoms with Crippen LogP contribution in [0.2, 0.25) is 0 Å². The van der Waals surface area contributed by atoms with E-state index in [-0.39, 0.29) is 5.69 Å². The second kappa shape index (κ2) is 4.97. The number of halogens is 2. The molecule has 0 aliphatic carbocycles. The fourth-order valence-electron chi connectivity index (χ4n) is 2.06. The normalized spacial score (nSPS) is 10.8. The van der Waals surface area contributed by atoms with Gasteiger partial charge < -0.3 is 11.1 Å². The number of anilines is 3. The van der Waals surface area contributed by atoms with Crippen molar-refractivity contribution in [1.29, 1.82) is 0 Å². The number of aryl methyl sites for hydroxylation is 1. The quantitative estimate of drug-likeness (QED) is 0.707. The number of nitrogens with two attached hydrogens (primary N) is 1. The van der Waals surface area contributed by atoms with E-state index in [2.05, 4.69) is 15.3 Å². The summed E-state index contributed by atoms with van der Waals surface area (Å²) in [5, 5.41) is 3.33. The van der Waals surface area contributed by atoms with Crippen LogP contribution in [0.4, 0.5) is 26.0 Å². The van der Waals surface area contributed by atoms with E-state index in [1.807, 2.05) is 0 Å². The van der Waals surface area contributed by atoms with Gasteiger partial charge in [0.15, 0.2) is 5.82 Å². The molecule has 0 aliphatic rings. The molecule has 4 nitrogen and oxygen atoms in total. The Morgan fingerprint density at radius 3 is 2.71 bits per heavy atom. The third-order valence-electron chi connectivity index (χ3n) is 3.19. The van der Waals surface area contributed by atoms with E-state index in [0.717, 1.165) is 0 Å². The van der Waals surface area contributed by atoms with Gasteiger partial charge in [0, 0.05) is 11.1 Å². The van der Waals surface area contributed by atoms with Gasteiger partial charge in [0.25, 0.3) is 0 Å². The van der Waals surface area contributed by atoms with Gasteiger partial charge in [0.2, 0.25) is 0 Å². The number of hydrogen-bond acceptors (Lipinski definition) is 4. The summed E-state index contributed by atoms with van der Waals surface area (Å²) in [6.07, 6.45) is 1.32. The van der Waals surface area contributed by atoms with Crippen LogP contribution in [0.3, 0.4) is 0 Å². The van der Waals surface area contributed by atoms with E-state index in [4.69, 9.17) is 5.73 Å². The van der Waals surface area contributed by atoms with E-state index in [1.165, 1.54) is 18.5 Å². The van der Waals surface area contributed by atoms with Crippen molar-refractivity contribution in [3.05, 3.63) is 53.9 Å². The molecule has 2 aromatic carbocycles. The first-order valence-electron chi connectivity index (χ1n) is 6.28. The molecule has 106 valence electrons. The lowest BCUT2D eigenvalue weighted by Crippen LogP contribution is -2.02. The molecule has 0 atom stereocenters. The number of nitrogens with zero attached hydrogens (tertiary/aromatic N) is 2. The largest absolute Gasteiger partial charge is 0.399 e. The predicted octanol–water partition coefficient (Wildman–Crippen LogP) is 3.54.